The van der Waals surface area contributed by atoms with Gasteiger partial charge in [-0.3, -0.25) is 0 Å². The van der Waals surface area contributed by atoms with Gasteiger partial charge in [0.05, 0.1) is 6.07 Å². The van der Waals surface area contributed by atoms with Crippen molar-refractivity contribution in [2.45, 2.75) is 12.0 Å². The number of nitriles is 1. The van der Waals surface area contributed by atoms with Crippen LogP contribution in [0.2, 0.25) is 0 Å². The van der Waals surface area contributed by atoms with Crippen molar-refractivity contribution < 1.29 is 5.11 Å². The normalized spacial score (nSPS) is 24.2. The Bertz CT molecular complexity index is 496. The summed E-state index contributed by atoms with van der Waals surface area (Å²) in [5.41, 5.74) is 6.32. The van der Waals surface area contributed by atoms with Gasteiger partial charge in [0.25, 0.3) is 0 Å². The number of benzene rings is 1. The number of allylic oxidation sites excluding steroid dienone is 1. The molecule has 0 spiro atoms. The lowest BCUT2D eigenvalue weighted by Crippen LogP contribution is -2.37. The molecule has 1 aromatic carbocycles. The molecular weight excluding hydrogens is 200 g/mol. The van der Waals surface area contributed by atoms with Gasteiger partial charge < -0.3 is 10.8 Å². The van der Waals surface area contributed by atoms with Gasteiger partial charge in [-0.05, 0) is 17.7 Å². The van der Waals surface area contributed by atoms with Crippen LogP contribution in [-0.4, -0.2) is 10.6 Å². The Morgan fingerprint density at radius 1 is 1.31 bits per heavy atom. The van der Waals surface area contributed by atoms with Crippen molar-refractivity contribution >= 4 is 5.57 Å². The van der Waals surface area contributed by atoms with E-state index in [1.807, 2.05) is 36.4 Å². The van der Waals surface area contributed by atoms with E-state index < -0.39 is 5.54 Å². The van der Waals surface area contributed by atoms with Crippen LogP contribution >= 0.6 is 0 Å². The second-order valence-corrected chi connectivity index (χ2v) is 3.87. The molecule has 0 radical (unpaired) electrons. The summed E-state index contributed by atoms with van der Waals surface area (Å²) in [6, 6.07) is 11.4. The van der Waals surface area contributed by atoms with E-state index in [-0.39, 0.29) is 5.76 Å². The van der Waals surface area contributed by atoms with Crippen molar-refractivity contribution in [3.63, 3.8) is 0 Å². The van der Waals surface area contributed by atoms with E-state index in [4.69, 9.17) is 11.0 Å². The summed E-state index contributed by atoms with van der Waals surface area (Å²) in [4.78, 5) is 0. The predicted molar refractivity (Wildman–Crippen MR) is 62.3 cm³/mol. The molecule has 0 aliphatic heterocycles. The summed E-state index contributed by atoms with van der Waals surface area (Å²) in [6.45, 7) is 0. The minimum absolute atomic E-state index is 0.183. The van der Waals surface area contributed by atoms with E-state index in [1.54, 1.807) is 12.2 Å². The maximum absolute atomic E-state index is 9.78. The molecule has 0 amide bonds. The topological polar surface area (TPSA) is 70.0 Å². The quantitative estimate of drug-likeness (QED) is 0.749. The summed E-state index contributed by atoms with van der Waals surface area (Å²) < 4.78 is 0. The van der Waals surface area contributed by atoms with Crippen molar-refractivity contribution in [2.24, 2.45) is 5.73 Å². The number of aliphatic hydroxyl groups is 1. The van der Waals surface area contributed by atoms with Gasteiger partial charge in [-0.25, -0.2) is 0 Å². The minimum atomic E-state index is -1.02. The molecule has 0 saturated heterocycles. The minimum Gasteiger partial charge on any atom is -0.508 e. The highest BCUT2D eigenvalue weighted by molar-refractivity contribution is 5.79. The molecule has 1 atom stereocenters. The van der Waals surface area contributed by atoms with E-state index in [0.29, 0.717) is 12.0 Å². The van der Waals surface area contributed by atoms with Crippen LogP contribution in [0.1, 0.15) is 12.0 Å². The average molecular weight is 212 g/mol. The van der Waals surface area contributed by atoms with Gasteiger partial charge in [-0.15, -0.1) is 0 Å². The van der Waals surface area contributed by atoms with Crippen LogP contribution in [0, 0.1) is 11.3 Å². The number of nitrogens with zero attached hydrogens (tertiary/aromatic N) is 1. The van der Waals surface area contributed by atoms with Crippen LogP contribution in [0.15, 0.2) is 48.2 Å². The standard InChI is InChI=1S/C13H12N2O/c14-9-13(15)7-6-12(16)11(8-13)10-4-2-1-3-5-10/h1-6,8,16H,7,15H2. The van der Waals surface area contributed by atoms with Crippen molar-refractivity contribution in [2.75, 3.05) is 0 Å². The molecule has 0 saturated carbocycles. The lowest BCUT2D eigenvalue weighted by molar-refractivity contribution is 0.427. The van der Waals surface area contributed by atoms with Gasteiger partial charge in [-0.1, -0.05) is 30.3 Å². The molecule has 3 N–H and O–H groups in total. The summed E-state index contributed by atoms with van der Waals surface area (Å²) >= 11 is 0. The number of rotatable bonds is 1. The fourth-order valence-electron chi connectivity index (χ4n) is 1.69. The lowest BCUT2D eigenvalue weighted by Gasteiger charge is -2.22. The van der Waals surface area contributed by atoms with Crippen LogP contribution in [0.3, 0.4) is 0 Å². The van der Waals surface area contributed by atoms with E-state index >= 15 is 0 Å². The number of hydrogen-bond donors (Lipinski definition) is 2. The third-order valence-corrected chi connectivity index (χ3v) is 2.60. The SMILES string of the molecule is N#CC1(N)C=C(c2ccccc2)C(O)=CC1. The second kappa shape index (κ2) is 3.84. The Balaban J connectivity index is 2.47. The fraction of sp³-hybridized carbons (Fsp3) is 0.154. The molecule has 16 heavy (non-hydrogen) atoms. The molecule has 0 aromatic heterocycles. The molecule has 3 heteroatoms. The fourth-order valence-corrected chi connectivity index (χ4v) is 1.69. The van der Waals surface area contributed by atoms with E-state index in [0.717, 1.165) is 5.56 Å². The first-order chi connectivity index (χ1) is 7.64. The zero-order valence-corrected chi connectivity index (χ0v) is 8.72. The zero-order valence-electron chi connectivity index (χ0n) is 8.72. The van der Waals surface area contributed by atoms with Gasteiger partial charge in [-0.2, -0.15) is 5.26 Å². The van der Waals surface area contributed by atoms with Gasteiger partial charge in [0.15, 0.2) is 0 Å². The monoisotopic (exact) mass is 212 g/mol. The Morgan fingerprint density at radius 2 is 2.00 bits per heavy atom. The third-order valence-electron chi connectivity index (χ3n) is 2.60. The van der Waals surface area contributed by atoms with Crippen LogP contribution in [0.4, 0.5) is 0 Å². The molecule has 0 heterocycles. The Morgan fingerprint density at radius 3 is 2.62 bits per heavy atom. The van der Waals surface area contributed by atoms with Crippen LogP contribution < -0.4 is 5.73 Å². The first-order valence-electron chi connectivity index (χ1n) is 5.02. The largest absolute Gasteiger partial charge is 0.508 e. The molecule has 1 unspecified atom stereocenters. The maximum Gasteiger partial charge on any atom is 0.127 e. The first kappa shape index (κ1) is 10.5. The Labute approximate surface area is 94.1 Å². The molecule has 80 valence electrons. The number of hydrogen-bond acceptors (Lipinski definition) is 3. The highest BCUT2D eigenvalue weighted by Crippen LogP contribution is 2.29. The van der Waals surface area contributed by atoms with Gasteiger partial charge in [0.1, 0.15) is 11.3 Å². The zero-order chi connectivity index (χ0) is 11.6. The summed E-state index contributed by atoms with van der Waals surface area (Å²) in [5.74, 6) is 0.183. The molecule has 1 aromatic rings. The van der Waals surface area contributed by atoms with Crippen molar-refractivity contribution in [3.05, 3.63) is 53.8 Å². The molecule has 3 nitrogen and oxygen atoms in total. The van der Waals surface area contributed by atoms with Crippen molar-refractivity contribution in [3.8, 4) is 6.07 Å². The Kier molecular flexibility index (Phi) is 2.51. The van der Waals surface area contributed by atoms with Gasteiger partial charge in [0, 0.05) is 12.0 Å². The molecule has 1 aliphatic rings. The summed E-state index contributed by atoms with van der Waals surface area (Å²) in [5, 5.41) is 18.7. The molecule has 2 rings (SSSR count). The summed E-state index contributed by atoms with van der Waals surface area (Å²) in [7, 11) is 0. The smallest absolute Gasteiger partial charge is 0.127 e. The van der Waals surface area contributed by atoms with Crippen LogP contribution in [0.25, 0.3) is 5.57 Å². The number of aliphatic hydroxyl groups excluding tert-OH is 1. The highest BCUT2D eigenvalue weighted by atomic mass is 16.3. The lowest BCUT2D eigenvalue weighted by atomic mass is 9.87. The third kappa shape index (κ3) is 1.83. The molecular formula is C13H12N2O. The summed E-state index contributed by atoms with van der Waals surface area (Å²) in [6.07, 6.45) is 3.55. The molecule has 0 bridgehead atoms. The van der Waals surface area contributed by atoms with Crippen molar-refractivity contribution in [1.29, 1.82) is 5.26 Å². The van der Waals surface area contributed by atoms with Gasteiger partial charge >= 0.3 is 0 Å². The number of nitrogens with two attached hydrogens (primary N) is 1. The predicted octanol–water partition coefficient (Wildman–Crippen LogP) is 2.14. The second-order valence-electron chi connectivity index (χ2n) is 3.87. The van der Waals surface area contributed by atoms with Gasteiger partial charge in [0.2, 0.25) is 0 Å². The van der Waals surface area contributed by atoms with Crippen LogP contribution in [-0.2, 0) is 0 Å². The average Bonchev–Trinajstić information content (AvgIpc) is 2.34. The van der Waals surface area contributed by atoms with E-state index in [2.05, 4.69) is 0 Å². The maximum atomic E-state index is 9.78. The van der Waals surface area contributed by atoms with E-state index in [1.165, 1.54) is 0 Å². The molecule has 1 aliphatic carbocycles. The Hall–Kier alpha value is -2.05. The first-order valence-corrected chi connectivity index (χ1v) is 5.02. The highest BCUT2D eigenvalue weighted by Gasteiger charge is 2.26. The van der Waals surface area contributed by atoms with Crippen LogP contribution in [0.5, 0.6) is 0 Å². The van der Waals surface area contributed by atoms with E-state index in [9.17, 15) is 5.11 Å². The molecule has 0 fully saturated rings. The van der Waals surface area contributed by atoms with Crippen molar-refractivity contribution in [1.82, 2.24) is 0 Å².